The van der Waals surface area contributed by atoms with Gasteiger partial charge in [0, 0.05) is 25.6 Å². The van der Waals surface area contributed by atoms with Gasteiger partial charge in [0.2, 0.25) is 5.91 Å². The van der Waals surface area contributed by atoms with Crippen LogP contribution in [0.25, 0.3) is 0 Å². The molecule has 0 aliphatic heterocycles. The van der Waals surface area contributed by atoms with Gasteiger partial charge in [-0.25, -0.2) is 0 Å². The van der Waals surface area contributed by atoms with Gasteiger partial charge < -0.3 is 15.0 Å². The number of nitrogens with zero attached hydrogens (tertiary/aromatic N) is 1. The van der Waals surface area contributed by atoms with Crippen LogP contribution in [0, 0.1) is 11.8 Å². The predicted octanol–water partition coefficient (Wildman–Crippen LogP) is 1.28. The number of nitrogens with one attached hydrogen (secondary N) is 1. The van der Waals surface area contributed by atoms with Crippen LogP contribution < -0.4 is 5.32 Å². The number of hydrogen-bond donors (Lipinski definition) is 1. The Hall–Kier alpha value is -1.10. The quantitative estimate of drug-likeness (QED) is 0.642. The van der Waals surface area contributed by atoms with E-state index in [-0.39, 0.29) is 24.2 Å². The van der Waals surface area contributed by atoms with Crippen molar-refractivity contribution in [2.45, 2.75) is 34.1 Å². The summed E-state index contributed by atoms with van der Waals surface area (Å²) < 4.78 is 4.62. The Kier molecular flexibility index (Phi) is 9.21. The molecule has 0 aromatic carbocycles. The van der Waals surface area contributed by atoms with Crippen LogP contribution in [0.5, 0.6) is 0 Å². The number of amides is 1. The van der Waals surface area contributed by atoms with Crippen molar-refractivity contribution in [3.8, 4) is 0 Å². The molecule has 0 rings (SSSR count). The molecule has 0 aromatic rings. The van der Waals surface area contributed by atoms with Gasteiger partial charge in [-0.05, 0) is 12.5 Å². The molecular formula is C14H28N2O3. The molecule has 0 heterocycles. The molecule has 0 fully saturated rings. The zero-order chi connectivity index (χ0) is 14.8. The fourth-order valence-electron chi connectivity index (χ4n) is 1.82. The molecule has 1 N–H and O–H groups in total. The minimum atomic E-state index is -0.277. The second-order valence-corrected chi connectivity index (χ2v) is 5.21. The average molecular weight is 272 g/mol. The Labute approximate surface area is 116 Å². The largest absolute Gasteiger partial charge is 0.469 e. The average Bonchev–Trinajstić information content (AvgIpc) is 2.38. The van der Waals surface area contributed by atoms with Crippen LogP contribution in [0.15, 0.2) is 0 Å². The lowest BCUT2D eigenvalue weighted by Crippen LogP contribution is -2.42. The first-order valence-corrected chi connectivity index (χ1v) is 6.98. The van der Waals surface area contributed by atoms with Crippen molar-refractivity contribution in [2.75, 3.05) is 33.3 Å². The second-order valence-electron chi connectivity index (χ2n) is 5.21. The van der Waals surface area contributed by atoms with Crippen LogP contribution >= 0.6 is 0 Å². The number of rotatable bonds is 9. The lowest BCUT2D eigenvalue weighted by atomic mass is 10.1. The maximum Gasteiger partial charge on any atom is 0.307 e. The first kappa shape index (κ1) is 17.9. The van der Waals surface area contributed by atoms with E-state index in [2.05, 4.69) is 23.9 Å². The van der Waals surface area contributed by atoms with Gasteiger partial charge in [0.1, 0.15) is 0 Å². The number of carbonyl (C=O) groups excluding carboxylic acids is 2. The standard InChI is InChI=1S/C14H28N2O3/c1-6-15-9-12(4)14(18)16(10-11(2)3)8-7-13(17)19-5/h11-12,15H,6-10H2,1-5H3. The number of hydrogen-bond acceptors (Lipinski definition) is 4. The molecule has 0 aliphatic rings. The lowest BCUT2D eigenvalue weighted by Gasteiger charge is -2.27. The van der Waals surface area contributed by atoms with Crippen LogP contribution in [0.3, 0.4) is 0 Å². The monoisotopic (exact) mass is 272 g/mol. The highest BCUT2D eigenvalue weighted by Gasteiger charge is 2.21. The van der Waals surface area contributed by atoms with E-state index in [9.17, 15) is 9.59 Å². The Morgan fingerprint density at radius 1 is 1.26 bits per heavy atom. The van der Waals surface area contributed by atoms with Crippen LogP contribution in [-0.4, -0.2) is 50.1 Å². The van der Waals surface area contributed by atoms with Gasteiger partial charge in [0.25, 0.3) is 0 Å². The third-order valence-corrected chi connectivity index (χ3v) is 2.83. The smallest absolute Gasteiger partial charge is 0.307 e. The molecule has 0 aromatic heterocycles. The molecule has 1 amide bonds. The summed E-state index contributed by atoms with van der Waals surface area (Å²) in [5.41, 5.74) is 0. The molecule has 1 unspecified atom stereocenters. The molecule has 0 radical (unpaired) electrons. The normalized spacial score (nSPS) is 12.3. The van der Waals surface area contributed by atoms with E-state index in [0.717, 1.165) is 6.54 Å². The van der Waals surface area contributed by atoms with Crippen molar-refractivity contribution in [2.24, 2.45) is 11.8 Å². The third-order valence-electron chi connectivity index (χ3n) is 2.83. The van der Waals surface area contributed by atoms with Crippen molar-refractivity contribution in [3.05, 3.63) is 0 Å². The Balaban J connectivity index is 4.45. The van der Waals surface area contributed by atoms with Gasteiger partial charge in [0.15, 0.2) is 0 Å². The van der Waals surface area contributed by atoms with Crippen LogP contribution in [-0.2, 0) is 14.3 Å². The van der Waals surface area contributed by atoms with Gasteiger partial charge in [-0.3, -0.25) is 9.59 Å². The second kappa shape index (κ2) is 9.78. The summed E-state index contributed by atoms with van der Waals surface area (Å²) in [5.74, 6) is 0.128. The zero-order valence-electron chi connectivity index (χ0n) is 12.9. The van der Waals surface area contributed by atoms with Gasteiger partial charge in [0.05, 0.1) is 13.5 Å². The molecule has 5 nitrogen and oxygen atoms in total. The third kappa shape index (κ3) is 7.82. The molecule has 112 valence electrons. The molecule has 5 heteroatoms. The first-order valence-electron chi connectivity index (χ1n) is 6.98. The number of carbonyl (C=O) groups is 2. The Bertz CT molecular complexity index is 280. The zero-order valence-corrected chi connectivity index (χ0v) is 12.9. The van der Waals surface area contributed by atoms with Crippen LogP contribution in [0.1, 0.15) is 34.1 Å². The summed E-state index contributed by atoms with van der Waals surface area (Å²) in [6, 6.07) is 0. The minimum absolute atomic E-state index is 0.0728. The van der Waals surface area contributed by atoms with Crippen molar-refractivity contribution in [3.63, 3.8) is 0 Å². The lowest BCUT2D eigenvalue weighted by molar-refractivity contribution is -0.142. The molecular weight excluding hydrogens is 244 g/mol. The topological polar surface area (TPSA) is 58.6 Å². The summed E-state index contributed by atoms with van der Waals surface area (Å²) in [4.78, 5) is 25.3. The maximum atomic E-state index is 12.3. The highest BCUT2D eigenvalue weighted by atomic mass is 16.5. The highest BCUT2D eigenvalue weighted by molar-refractivity contribution is 5.79. The van der Waals surface area contributed by atoms with Crippen molar-refractivity contribution >= 4 is 11.9 Å². The Morgan fingerprint density at radius 2 is 1.89 bits per heavy atom. The molecule has 19 heavy (non-hydrogen) atoms. The van der Waals surface area contributed by atoms with Crippen molar-refractivity contribution in [1.29, 1.82) is 0 Å². The Morgan fingerprint density at radius 3 is 2.37 bits per heavy atom. The predicted molar refractivity (Wildman–Crippen MR) is 75.8 cm³/mol. The van der Waals surface area contributed by atoms with E-state index in [4.69, 9.17) is 0 Å². The SMILES string of the molecule is CCNCC(C)C(=O)N(CCC(=O)OC)CC(C)C. The fourth-order valence-corrected chi connectivity index (χ4v) is 1.82. The summed E-state index contributed by atoms with van der Waals surface area (Å²) in [6.07, 6.45) is 0.253. The van der Waals surface area contributed by atoms with Gasteiger partial charge in [-0.1, -0.05) is 27.7 Å². The van der Waals surface area contributed by atoms with Crippen molar-refractivity contribution < 1.29 is 14.3 Å². The van der Waals surface area contributed by atoms with E-state index < -0.39 is 0 Å². The summed E-state index contributed by atoms with van der Waals surface area (Å²) in [6.45, 7) is 10.7. The van der Waals surface area contributed by atoms with Gasteiger partial charge in [-0.2, -0.15) is 0 Å². The van der Waals surface area contributed by atoms with E-state index in [1.165, 1.54) is 7.11 Å². The molecule has 0 aliphatic carbocycles. The fraction of sp³-hybridized carbons (Fsp3) is 0.857. The van der Waals surface area contributed by atoms with Gasteiger partial charge in [-0.15, -0.1) is 0 Å². The van der Waals surface area contributed by atoms with Crippen LogP contribution in [0.4, 0.5) is 0 Å². The van der Waals surface area contributed by atoms with Crippen LogP contribution in [0.2, 0.25) is 0 Å². The summed E-state index contributed by atoms with van der Waals surface area (Å²) >= 11 is 0. The molecule has 0 spiro atoms. The molecule has 1 atom stereocenters. The number of esters is 1. The van der Waals surface area contributed by atoms with E-state index in [0.29, 0.717) is 25.6 Å². The molecule has 0 saturated heterocycles. The first-order chi connectivity index (χ1) is 8.92. The van der Waals surface area contributed by atoms with Gasteiger partial charge >= 0.3 is 5.97 Å². The number of methoxy groups -OCH3 is 1. The van der Waals surface area contributed by atoms with Crippen molar-refractivity contribution in [1.82, 2.24) is 10.2 Å². The highest BCUT2D eigenvalue weighted by Crippen LogP contribution is 2.07. The minimum Gasteiger partial charge on any atom is -0.469 e. The maximum absolute atomic E-state index is 12.3. The van der Waals surface area contributed by atoms with E-state index >= 15 is 0 Å². The summed E-state index contributed by atoms with van der Waals surface area (Å²) in [7, 11) is 1.37. The van der Waals surface area contributed by atoms with E-state index in [1.807, 2.05) is 13.8 Å². The molecule has 0 bridgehead atoms. The molecule has 0 saturated carbocycles. The number of ether oxygens (including phenoxy) is 1. The summed E-state index contributed by atoms with van der Waals surface area (Å²) in [5, 5.41) is 3.17. The van der Waals surface area contributed by atoms with E-state index in [1.54, 1.807) is 4.90 Å².